The molecule has 10 heteroatoms. The summed E-state index contributed by atoms with van der Waals surface area (Å²) in [6.07, 6.45) is 0. The highest BCUT2D eigenvalue weighted by atomic mass is 35.5. The molecule has 4 aromatic rings. The van der Waals surface area contributed by atoms with Crippen molar-refractivity contribution >= 4 is 80.6 Å². The molecule has 1 heterocycles. The number of benzene rings is 4. The van der Waals surface area contributed by atoms with Crippen LogP contribution in [-0.4, -0.2) is 28.7 Å². The number of amides is 3. The summed E-state index contributed by atoms with van der Waals surface area (Å²) < 4.78 is 6.03. The molecule has 186 valence electrons. The van der Waals surface area contributed by atoms with Crippen LogP contribution in [0.1, 0.15) is 27.6 Å². The Kier molecular flexibility index (Phi) is 6.77. The molecule has 0 bridgehead atoms. The fourth-order valence-electron chi connectivity index (χ4n) is 4.10. The van der Waals surface area contributed by atoms with Crippen LogP contribution in [0.15, 0.2) is 66.7 Å². The molecule has 37 heavy (non-hydrogen) atoms. The predicted molar refractivity (Wildman–Crippen MR) is 146 cm³/mol. The number of ether oxygens (including phenoxy) is 1. The molecule has 5 rings (SSSR count). The monoisotopic (exact) mass is 572 g/mol. The maximum absolute atomic E-state index is 13.0. The molecule has 0 saturated heterocycles. The third-order valence-electron chi connectivity index (χ3n) is 6.00. The molecule has 1 aliphatic heterocycles. The Hall–Kier alpha value is -3.29. The topological polar surface area (TPSA) is 75.7 Å². The largest absolute Gasteiger partial charge is 0.457 e. The number of imide groups is 1. The van der Waals surface area contributed by atoms with Gasteiger partial charge in [0.25, 0.3) is 11.8 Å². The van der Waals surface area contributed by atoms with E-state index in [1.807, 2.05) is 42.5 Å². The van der Waals surface area contributed by atoms with Crippen LogP contribution in [0.25, 0.3) is 10.8 Å². The van der Waals surface area contributed by atoms with E-state index >= 15 is 0 Å². The molecule has 1 aliphatic rings. The van der Waals surface area contributed by atoms with Crippen LogP contribution in [0.2, 0.25) is 20.1 Å². The van der Waals surface area contributed by atoms with Crippen LogP contribution < -0.4 is 10.1 Å². The first-order valence-corrected chi connectivity index (χ1v) is 12.5. The minimum Gasteiger partial charge on any atom is -0.457 e. The van der Waals surface area contributed by atoms with E-state index < -0.39 is 23.8 Å². The Morgan fingerprint density at radius 2 is 1.35 bits per heavy atom. The van der Waals surface area contributed by atoms with E-state index in [0.29, 0.717) is 17.2 Å². The standard InChI is InChI=1S/C27H16Cl4N2O4/c1-13(33-26(35)19-20(27(33)36)22(29)24(31)23(30)21(19)28)25(34)32-15-9-11-16(12-10-15)37-18-8-4-6-14-5-2-3-7-17(14)18/h2-13H,1H3,(H,32,34). The molecule has 1 unspecified atom stereocenters. The van der Waals surface area contributed by atoms with Crippen molar-refractivity contribution in [1.82, 2.24) is 4.90 Å². The number of nitrogens with zero attached hydrogens (tertiary/aromatic N) is 1. The number of anilines is 1. The molecular weight excluding hydrogens is 558 g/mol. The van der Waals surface area contributed by atoms with Gasteiger partial charge in [-0.05, 0) is 42.6 Å². The first kappa shape index (κ1) is 25.4. The summed E-state index contributed by atoms with van der Waals surface area (Å²) in [7, 11) is 0. The fourth-order valence-corrected chi connectivity index (χ4v) is 5.11. The van der Waals surface area contributed by atoms with Crippen molar-refractivity contribution in [3.63, 3.8) is 0 Å². The molecule has 4 aromatic carbocycles. The number of carbonyl (C=O) groups excluding carboxylic acids is 3. The van der Waals surface area contributed by atoms with Crippen molar-refractivity contribution < 1.29 is 19.1 Å². The van der Waals surface area contributed by atoms with Crippen molar-refractivity contribution in [3.05, 3.63) is 97.9 Å². The zero-order valence-corrected chi connectivity index (χ0v) is 22.0. The van der Waals surface area contributed by atoms with Crippen molar-refractivity contribution in [2.75, 3.05) is 5.32 Å². The van der Waals surface area contributed by atoms with Gasteiger partial charge in [-0.3, -0.25) is 19.3 Å². The maximum Gasteiger partial charge on any atom is 0.263 e. The second-order valence-corrected chi connectivity index (χ2v) is 9.77. The lowest BCUT2D eigenvalue weighted by Crippen LogP contribution is -2.45. The zero-order chi connectivity index (χ0) is 26.4. The molecule has 6 nitrogen and oxygen atoms in total. The molecule has 0 aromatic heterocycles. The number of fused-ring (bicyclic) bond motifs is 2. The van der Waals surface area contributed by atoms with Crippen molar-refractivity contribution in [2.24, 2.45) is 0 Å². The lowest BCUT2D eigenvalue weighted by molar-refractivity contribution is -0.119. The summed E-state index contributed by atoms with van der Waals surface area (Å²) in [5.74, 6) is -0.895. The number of halogens is 4. The van der Waals surface area contributed by atoms with Crippen molar-refractivity contribution in [3.8, 4) is 11.5 Å². The average Bonchev–Trinajstić information content (AvgIpc) is 3.16. The highest BCUT2D eigenvalue weighted by Crippen LogP contribution is 2.45. The lowest BCUT2D eigenvalue weighted by Gasteiger charge is -2.21. The number of hydrogen-bond acceptors (Lipinski definition) is 4. The summed E-state index contributed by atoms with van der Waals surface area (Å²) >= 11 is 24.4. The second kappa shape index (κ2) is 9.88. The minimum absolute atomic E-state index is 0.141. The van der Waals surface area contributed by atoms with Crippen LogP contribution in [-0.2, 0) is 4.79 Å². The number of nitrogens with one attached hydrogen (secondary N) is 1. The molecule has 0 saturated carbocycles. The Bertz CT molecular complexity index is 1550. The van der Waals surface area contributed by atoms with E-state index in [1.165, 1.54) is 6.92 Å². The predicted octanol–water partition coefficient (Wildman–Crippen LogP) is 7.87. The highest BCUT2D eigenvalue weighted by molar-refractivity contribution is 6.55. The fraction of sp³-hybridized carbons (Fsp3) is 0.0741. The molecule has 3 amide bonds. The van der Waals surface area contributed by atoms with Gasteiger partial charge >= 0.3 is 0 Å². The van der Waals surface area contributed by atoms with Crippen molar-refractivity contribution in [2.45, 2.75) is 13.0 Å². The molecule has 0 radical (unpaired) electrons. The summed E-state index contributed by atoms with van der Waals surface area (Å²) in [5, 5.41) is 4.06. The maximum atomic E-state index is 13.0. The van der Waals surface area contributed by atoms with Gasteiger partial charge in [-0.25, -0.2) is 0 Å². The van der Waals surface area contributed by atoms with Crippen LogP contribution in [0.5, 0.6) is 11.5 Å². The molecule has 0 fully saturated rings. The number of carbonyl (C=O) groups is 3. The van der Waals surface area contributed by atoms with E-state index in [1.54, 1.807) is 24.3 Å². The Balaban J connectivity index is 1.32. The molecular formula is C27H16Cl4N2O4. The number of rotatable bonds is 5. The molecule has 0 aliphatic carbocycles. The highest BCUT2D eigenvalue weighted by Gasteiger charge is 2.45. The zero-order valence-electron chi connectivity index (χ0n) is 19.0. The van der Waals surface area contributed by atoms with Crippen LogP contribution >= 0.6 is 46.4 Å². The Morgan fingerprint density at radius 3 is 1.97 bits per heavy atom. The van der Waals surface area contributed by atoms with Crippen LogP contribution in [0.3, 0.4) is 0 Å². The first-order valence-electron chi connectivity index (χ1n) is 11.0. The summed E-state index contributed by atoms with van der Waals surface area (Å²) in [6.45, 7) is 1.42. The smallest absolute Gasteiger partial charge is 0.263 e. The second-order valence-electron chi connectivity index (χ2n) is 8.26. The first-order chi connectivity index (χ1) is 17.7. The Morgan fingerprint density at radius 1 is 0.784 bits per heavy atom. The van der Waals surface area contributed by atoms with Gasteiger partial charge in [-0.1, -0.05) is 82.8 Å². The van der Waals surface area contributed by atoms with Gasteiger partial charge in [0.2, 0.25) is 5.91 Å². The molecule has 1 atom stereocenters. The average molecular weight is 574 g/mol. The van der Waals surface area contributed by atoms with Gasteiger partial charge in [0.1, 0.15) is 17.5 Å². The van der Waals surface area contributed by atoms with Gasteiger partial charge in [-0.15, -0.1) is 0 Å². The third kappa shape index (κ3) is 4.40. The summed E-state index contributed by atoms with van der Waals surface area (Å²) in [6, 6.07) is 19.2. The van der Waals surface area contributed by atoms with Crippen molar-refractivity contribution in [1.29, 1.82) is 0 Å². The number of hydrogen-bond donors (Lipinski definition) is 1. The Labute approximate surface area is 231 Å². The molecule has 0 spiro atoms. The summed E-state index contributed by atoms with van der Waals surface area (Å²) in [4.78, 5) is 39.8. The van der Waals surface area contributed by atoms with E-state index in [-0.39, 0.29) is 31.2 Å². The SMILES string of the molecule is CC(C(=O)Nc1ccc(Oc2cccc3ccccc23)cc1)N1C(=O)c2c(Cl)c(Cl)c(Cl)c(Cl)c2C1=O. The minimum atomic E-state index is -1.18. The third-order valence-corrected chi connectivity index (χ3v) is 7.80. The quantitative estimate of drug-likeness (QED) is 0.150. The van der Waals surface area contributed by atoms with Crippen LogP contribution in [0, 0.1) is 0 Å². The van der Waals surface area contributed by atoms with Gasteiger partial charge in [0.15, 0.2) is 0 Å². The molecule has 1 N–H and O–H groups in total. The van der Waals surface area contributed by atoms with E-state index in [4.69, 9.17) is 51.1 Å². The van der Waals surface area contributed by atoms with Crippen LogP contribution in [0.4, 0.5) is 5.69 Å². The van der Waals surface area contributed by atoms with E-state index in [2.05, 4.69) is 5.32 Å². The van der Waals surface area contributed by atoms with Gasteiger partial charge in [-0.2, -0.15) is 0 Å². The summed E-state index contributed by atoms with van der Waals surface area (Å²) in [5.41, 5.74) is 0.0854. The lowest BCUT2D eigenvalue weighted by atomic mass is 10.1. The van der Waals surface area contributed by atoms with Gasteiger partial charge in [0.05, 0.1) is 31.2 Å². The van der Waals surface area contributed by atoms with Gasteiger partial charge in [0, 0.05) is 11.1 Å². The van der Waals surface area contributed by atoms with E-state index in [0.717, 1.165) is 15.7 Å². The van der Waals surface area contributed by atoms with E-state index in [9.17, 15) is 14.4 Å². The van der Waals surface area contributed by atoms with Gasteiger partial charge < -0.3 is 10.1 Å². The normalized spacial score (nSPS) is 13.6.